The third-order valence-electron chi connectivity index (χ3n) is 4.57. The number of halogens is 2. The molecular weight excluding hydrogens is 309 g/mol. The fraction of sp³-hybridized carbons (Fsp3) is 0.467. The van der Waals surface area contributed by atoms with Gasteiger partial charge in [-0.1, -0.05) is 19.3 Å². The van der Waals surface area contributed by atoms with E-state index < -0.39 is 11.4 Å². The zero-order valence-electron chi connectivity index (χ0n) is 11.8. The second-order valence-electron chi connectivity index (χ2n) is 5.92. The van der Waals surface area contributed by atoms with Crippen LogP contribution >= 0.6 is 11.6 Å². The number of benzene rings is 1. The summed E-state index contributed by atoms with van der Waals surface area (Å²) < 4.78 is 20.2. The van der Waals surface area contributed by atoms with Crippen LogP contribution in [0.2, 0.25) is 0 Å². The number of hydrogen-bond donors (Lipinski definition) is 2. The minimum absolute atomic E-state index is 0.123. The number of amides is 2. The minimum atomic E-state index is -0.584. The second kappa shape index (κ2) is 4.84. The van der Waals surface area contributed by atoms with Gasteiger partial charge in [0.05, 0.1) is 17.1 Å². The maximum absolute atomic E-state index is 14.5. The van der Waals surface area contributed by atoms with Gasteiger partial charge in [0.25, 0.3) is 0 Å². The Hall–Kier alpha value is -1.82. The van der Waals surface area contributed by atoms with Gasteiger partial charge in [-0.15, -0.1) is 11.6 Å². The summed E-state index contributed by atoms with van der Waals surface area (Å²) in [7, 11) is 0. The molecule has 2 aliphatic rings. The normalized spacial score (nSPS) is 19.8. The highest BCUT2D eigenvalue weighted by atomic mass is 35.5. The van der Waals surface area contributed by atoms with Crippen LogP contribution in [-0.4, -0.2) is 11.0 Å². The molecule has 0 saturated heterocycles. The Bertz CT molecular complexity index is 768. The molecule has 1 fully saturated rings. The number of aromatic nitrogens is 1. The maximum atomic E-state index is 14.5. The summed E-state index contributed by atoms with van der Waals surface area (Å²) in [5.41, 5.74) is 1.25. The zero-order chi connectivity index (χ0) is 15.3. The van der Waals surface area contributed by atoms with Gasteiger partial charge >= 0.3 is 6.03 Å². The van der Waals surface area contributed by atoms with E-state index in [0.29, 0.717) is 22.6 Å². The summed E-state index contributed by atoms with van der Waals surface area (Å²) in [4.78, 5) is 16.2. The van der Waals surface area contributed by atoms with Crippen LogP contribution in [0.5, 0.6) is 0 Å². The fourth-order valence-corrected chi connectivity index (χ4v) is 3.79. The smallest absolute Gasteiger partial charge is 0.320 e. The van der Waals surface area contributed by atoms with Crippen molar-refractivity contribution in [3.8, 4) is 0 Å². The number of carbonyl (C=O) groups is 1. The molecule has 5 nitrogen and oxygen atoms in total. The molecular formula is C15H15ClFN3O2. The Morgan fingerprint density at radius 3 is 2.86 bits per heavy atom. The molecule has 7 heteroatoms. The highest BCUT2D eigenvalue weighted by Crippen LogP contribution is 2.46. The van der Waals surface area contributed by atoms with E-state index >= 15 is 0 Å². The SMILES string of the molecule is O=C1Nc2c(F)cc3nc(CCl)oc3c2C2(CCCCC2)N1. The Kier molecular flexibility index (Phi) is 3.04. The molecule has 0 unspecified atom stereocenters. The molecule has 2 aromatic rings. The number of fused-ring (bicyclic) bond motifs is 4. The van der Waals surface area contributed by atoms with Crippen LogP contribution in [0, 0.1) is 5.82 Å². The maximum Gasteiger partial charge on any atom is 0.320 e. The van der Waals surface area contributed by atoms with E-state index in [4.69, 9.17) is 16.0 Å². The second-order valence-corrected chi connectivity index (χ2v) is 6.19. The van der Waals surface area contributed by atoms with Crippen LogP contribution in [0.1, 0.15) is 43.6 Å². The van der Waals surface area contributed by atoms with Gasteiger partial charge < -0.3 is 15.1 Å². The summed E-state index contributed by atoms with van der Waals surface area (Å²) in [5, 5.41) is 5.57. The first kappa shape index (κ1) is 13.8. The van der Waals surface area contributed by atoms with E-state index in [1.54, 1.807) is 0 Å². The lowest BCUT2D eigenvalue weighted by Crippen LogP contribution is -2.53. The van der Waals surface area contributed by atoms with Crippen molar-refractivity contribution in [1.82, 2.24) is 10.3 Å². The quantitative estimate of drug-likeness (QED) is 0.779. The highest BCUT2D eigenvalue weighted by molar-refractivity contribution is 6.16. The predicted octanol–water partition coefficient (Wildman–Crippen LogP) is 4.00. The van der Waals surface area contributed by atoms with E-state index in [1.165, 1.54) is 6.07 Å². The average Bonchev–Trinajstić information content (AvgIpc) is 2.90. The molecule has 2 amide bonds. The highest BCUT2D eigenvalue weighted by Gasteiger charge is 2.44. The molecule has 22 heavy (non-hydrogen) atoms. The molecule has 1 spiro atoms. The van der Waals surface area contributed by atoms with Crippen LogP contribution in [-0.2, 0) is 11.4 Å². The number of nitrogens with one attached hydrogen (secondary N) is 2. The van der Waals surface area contributed by atoms with Gasteiger partial charge in [-0.25, -0.2) is 14.2 Å². The first-order chi connectivity index (χ1) is 10.6. The summed E-state index contributed by atoms with van der Waals surface area (Å²) in [6.07, 6.45) is 4.61. The molecule has 4 rings (SSSR count). The van der Waals surface area contributed by atoms with Crippen molar-refractivity contribution in [3.05, 3.63) is 23.3 Å². The van der Waals surface area contributed by atoms with Gasteiger partial charge in [0, 0.05) is 11.6 Å². The van der Waals surface area contributed by atoms with E-state index in [1.807, 2.05) is 0 Å². The fourth-order valence-electron chi connectivity index (χ4n) is 3.67. The molecule has 0 atom stereocenters. The Morgan fingerprint density at radius 1 is 1.36 bits per heavy atom. The molecule has 116 valence electrons. The van der Waals surface area contributed by atoms with E-state index in [-0.39, 0.29) is 17.6 Å². The minimum Gasteiger partial charge on any atom is -0.439 e. The molecule has 0 bridgehead atoms. The van der Waals surface area contributed by atoms with E-state index in [0.717, 1.165) is 32.1 Å². The standard InChI is InChI=1S/C15H15ClFN3O2/c16-7-10-18-9-6-8(17)12-11(13(9)22-10)15(20-14(21)19-12)4-2-1-3-5-15/h6H,1-5,7H2,(H2,19,20,21). The summed E-state index contributed by atoms with van der Waals surface area (Å²) in [5.74, 6) is -0.0123. The third-order valence-corrected chi connectivity index (χ3v) is 4.80. The first-order valence-electron chi connectivity index (χ1n) is 7.40. The Morgan fingerprint density at radius 2 is 2.14 bits per heavy atom. The molecule has 1 aromatic carbocycles. The number of carbonyl (C=O) groups excluding carboxylic acids is 1. The van der Waals surface area contributed by atoms with Gasteiger partial charge in [0.1, 0.15) is 11.3 Å². The average molecular weight is 324 g/mol. The molecule has 1 saturated carbocycles. The van der Waals surface area contributed by atoms with E-state index in [9.17, 15) is 9.18 Å². The van der Waals surface area contributed by atoms with Crippen molar-refractivity contribution in [2.75, 3.05) is 5.32 Å². The predicted molar refractivity (Wildman–Crippen MR) is 80.4 cm³/mol. The lowest BCUT2D eigenvalue weighted by Gasteiger charge is -2.42. The van der Waals surface area contributed by atoms with E-state index in [2.05, 4.69) is 15.6 Å². The van der Waals surface area contributed by atoms with Crippen molar-refractivity contribution in [3.63, 3.8) is 0 Å². The molecule has 1 aromatic heterocycles. The lowest BCUT2D eigenvalue weighted by molar-refractivity contribution is 0.208. The number of rotatable bonds is 1. The van der Waals surface area contributed by atoms with Crippen molar-refractivity contribution in [1.29, 1.82) is 0 Å². The molecule has 2 N–H and O–H groups in total. The van der Waals surface area contributed by atoms with Gasteiger partial charge in [0.2, 0.25) is 5.89 Å². The Balaban J connectivity index is 2.03. The van der Waals surface area contributed by atoms with Crippen LogP contribution in [0.4, 0.5) is 14.9 Å². The van der Waals surface area contributed by atoms with Crippen molar-refractivity contribution in [2.45, 2.75) is 43.5 Å². The molecule has 1 aliphatic heterocycles. The zero-order valence-corrected chi connectivity index (χ0v) is 12.6. The number of hydrogen-bond acceptors (Lipinski definition) is 3. The first-order valence-corrected chi connectivity index (χ1v) is 7.94. The third kappa shape index (κ3) is 1.90. The van der Waals surface area contributed by atoms with Crippen molar-refractivity contribution in [2.24, 2.45) is 0 Å². The summed E-state index contributed by atoms with van der Waals surface area (Å²) >= 11 is 5.79. The van der Waals surface area contributed by atoms with Gasteiger partial charge in [-0.3, -0.25) is 0 Å². The largest absolute Gasteiger partial charge is 0.439 e. The van der Waals surface area contributed by atoms with Gasteiger partial charge in [-0.05, 0) is 12.8 Å². The lowest BCUT2D eigenvalue weighted by atomic mass is 9.74. The van der Waals surface area contributed by atoms with Crippen LogP contribution in [0.3, 0.4) is 0 Å². The Labute approximate surface area is 131 Å². The number of urea groups is 1. The number of oxazole rings is 1. The van der Waals surface area contributed by atoms with Gasteiger partial charge in [-0.2, -0.15) is 0 Å². The van der Waals surface area contributed by atoms with Crippen molar-refractivity contribution < 1.29 is 13.6 Å². The van der Waals surface area contributed by atoms with Crippen LogP contribution < -0.4 is 10.6 Å². The van der Waals surface area contributed by atoms with Crippen LogP contribution in [0.25, 0.3) is 11.1 Å². The number of alkyl halides is 1. The summed E-state index contributed by atoms with van der Waals surface area (Å²) in [6, 6.07) is 0.917. The number of anilines is 1. The van der Waals surface area contributed by atoms with Gasteiger partial charge in [0.15, 0.2) is 5.58 Å². The molecule has 1 aliphatic carbocycles. The molecule has 0 radical (unpaired) electrons. The topological polar surface area (TPSA) is 67.2 Å². The number of nitrogens with zero attached hydrogens (tertiary/aromatic N) is 1. The summed E-state index contributed by atoms with van der Waals surface area (Å²) in [6.45, 7) is 0. The van der Waals surface area contributed by atoms with Crippen molar-refractivity contribution >= 4 is 34.4 Å². The monoisotopic (exact) mass is 323 g/mol. The molecule has 2 heterocycles. The van der Waals surface area contributed by atoms with Crippen LogP contribution in [0.15, 0.2) is 10.5 Å².